The summed E-state index contributed by atoms with van der Waals surface area (Å²) >= 11 is 0. The molecular formula is C14H24N4. The minimum absolute atomic E-state index is 0.920. The first kappa shape index (κ1) is 13.3. The lowest BCUT2D eigenvalue weighted by Crippen LogP contribution is -2.31. The lowest BCUT2D eigenvalue weighted by molar-refractivity contribution is 0.251. The molecule has 0 unspecified atom stereocenters. The average molecular weight is 248 g/mol. The van der Waals surface area contributed by atoms with E-state index in [-0.39, 0.29) is 0 Å². The van der Waals surface area contributed by atoms with Crippen LogP contribution in [0, 0.1) is 0 Å². The van der Waals surface area contributed by atoms with Crippen LogP contribution in [0.25, 0.3) is 0 Å². The van der Waals surface area contributed by atoms with Gasteiger partial charge in [-0.1, -0.05) is 6.07 Å². The smallest absolute Gasteiger partial charge is 0.126 e. The highest BCUT2D eigenvalue weighted by atomic mass is 15.2. The lowest BCUT2D eigenvalue weighted by atomic mass is 10.3. The largest absolute Gasteiger partial charge is 0.373 e. The first-order valence-electron chi connectivity index (χ1n) is 6.82. The summed E-state index contributed by atoms with van der Waals surface area (Å²) < 4.78 is 0. The number of likely N-dealkylation sites (N-methyl/N-ethyl adjacent to an activating group) is 1. The van der Waals surface area contributed by atoms with Gasteiger partial charge in [0, 0.05) is 26.7 Å². The van der Waals surface area contributed by atoms with Crippen LogP contribution in [0.2, 0.25) is 0 Å². The van der Waals surface area contributed by atoms with Crippen molar-refractivity contribution in [3.05, 3.63) is 23.9 Å². The van der Waals surface area contributed by atoms with E-state index >= 15 is 0 Å². The third-order valence-corrected chi connectivity index (χ3v) is 3.49. The maximum Gasteiger partial charge on any atom is 0.126 e. The maximum absolute atomic E-state index is 4.54. The van der Waals surface area contributed by atoms with Crippen LogP contribution in [-0.4, -0.2) is 55.1 Å². The number of likely N-dealkylation sites (tertiary alicyclic amines) is 1. The molecule has 4 nitrogen and oxygen atoms in total. The fourth-order valence-corrected chi connectivity index (χ4v) is 2.38. The van der Waals surface area contributed by atoms with E-state index in [1.165, 1.54) is 32.5 Å². The van der Waals surface area contributed by atoms with Crippen molar-refractivity contribution in [1.29, 1.82) is 0 Å². The second-order valence-electron chi connectivity index (χ2n) is 5.05. The highest BCUT2D eigenvalue weighted by molar-refractivity contribution is 5.34. The molecule has 1 aliphatic heterocycles. The van der Waals surface area contributed by atoms with Gasteiger partial charge in [0.2, 0.25) is 0 Å². The molecule has 100 valence electrons. The van der Waals surface area contributed by atoms with E-state index in [9.17, 15) is 0 Å². The van der Waals surface area contributed by atoms with Gasteiger partial charge in [-0.3, -0.25) is 4.90 Å². The molecule has 0 amide bonds. The summed E-state index contributed by atoms with van der Waals surface area (Å²) in [6, 6.07) is 6.14. The Balaban J connectivity index is 1.76. The summed E-state index contributed by atoms with van der Waals surface area (Å²) in [7, 11) is 4.08. The molecule has 0 spiro atoms. The number of hydrogen-bond acceptors (Lipinski definition) is 4. The topological polar surface area (TPSA) is 31.4 Å². The number of aromatic nitrogens is 1. The number of anilines is 1. The Morgan fingerprint density at radius 1 is 1.33 bits per heavy atom. The monoisotopic (exact) mass is 248 g/mol. The van der Waals surface area contributed by atoms with Crippen LogP contribution >= 0.6 is 0 Å². The third kappa shape index (κ3) is 3.96. The Hall–Kier alpha value is -1.13. The molecule has 0 saturated carbocycles. The van der Waals surface area contributed by atoms with Crippen LogP contribution in [0.1, 0.15) is 18.5 Å². The van der Waals surface area contributed by atoms with E-state index in [2.05, 4.69) is 39.3 Å². The van der Waals surface area contributed by atoms with Crippen LogP contribution < -0.4 is 5.32 Å². The van der Waals surface area contributed by atoms with Crippen molar-refractivity contribution in [2.75, 3.05) is 45.6 Å². The molecule has 2 rings (SSSR count). The second kappa shape index (κ2) is 6.71. The van der Waals surface area contributed by atoms with Crippen LogP contribution in [0.5, 0.6) is 0 Å². The fourth-order valence-electron chi connectivity index (χ4n) is 2.38. The van der Waals surface area contributed by atoms with Crippen molar-refractivity contribution < 1.29 is 0 Å². The molecule has 1 aromatic rings. The summed E-state index contributed by atoms with van der Waals surface area (Å²) in [5, 5.41) is 3.08. The second-order valence-corrected chi connectivity index (χ2v) is 5.05. The Labute approximate surface area is 110 Å². The number of hydrogen-bond donors (Lipinski definition) is 1. The van der Waals surface area contributed by atoms with E-state index in [4.69, 9.17) is 0 Å². The average Bonchev–Trinajstić information content (AvgIpc) is 2.90. The van der Waals surface area contributed by atoms with Crippen LogP contribution in [0.3, 0.4) is 0 Å². The Bertz CT molecular complexity index is 361. The van der Waals surface area contributed by atoms with Crippen LogP contribution in [-0.2, 0) is 6.54 Å². The normalized spacial score (nSPS) is 16.4. The highest BCUT2D eigenvalue weighted by Crippen LogP contribution is 2.08. The summed E-state index contributed by atoms with van der Waals surface area (Å²) in [6.07, 6.45) is 2.74. The van der Waals surface area contributed by atoms with Gasteiger partial charge in [0.05, 0.1) is 5.69 Å². The van der Waals surface area contributed by atoms with E-state index in [0.29, 0.717) is 0 Å². The van der Waals surface area contributed by atoms with E-state index in [1.807, 2.05) is 13.1 Å². The van der Waals surface area contributed by atoms with Gasteiger partial charge in [-0.15, -0.1) is 0 Å². The molecule has 0 aliphatic carbocycles. The van der Waals surface area contributed by atoms with Gasteiger partial charge in [-0.05, 0) is 45.1 Å². The zero-order valence-corrected chi connectivity index (χ0v) is 11.5. The van der Waals surface area contributed by atoms with Gasteiger partial charge in [0.1, 0.15) is 5.82 Å². The number of nitrogens with one attached hydrogen (secondary N) is 1. The van der Waals surface area contributed by atoms with Crippen molar-refractivity contribution in [2.45, 2.75) is 19.4 Å². The molecule has 0 bridgehead atoms. The molecule has 0 radical (unpaired) electrons. The molecule has 0 aromatic carbocycles. The molecule has 1 N–H and O–H groups in total. The highest BCUT2D eigenvalue weighted by Gasteiger charge is 2.11. The van der Waals surface area contributed by atoms with Gasteiger partial charge in [-0.25, -0.2) is 4.98 Å². The minimum Gasteiger partial charge on any atom is -0.373 e. The molecular weight excluding hydrogens is 224 g/mol. The van der Waals surface area contributed by atoms with E-state index in [1.54, 1.807) is 0 Å². The quantitative estimate of drug-likeness (QED) is 0.829. The van der Waals surface area contributed by atoms with Gasteiger partial charge >= 0.3 is 0 Å². The molecule has 0 atom stereocenters. The van der Waals surface area contributed by atoms with E-state index < -0.39 is 0 Å². The predicted octanol–water partition coefficient (Wildman–Crippen LogP) is 1.65. The standard InChI is InChI=1S/C14H24N4/c1-15-14-7-5-6-13(16-14)12-17(2)10-11-18-8-3-4-9-18/h5-7H,3-4,8-12H2,1-2H3,(H,15,16). The Kier molecular flexibility index (Phi) is 4.96. The summed E-state index contributed by atoms with van der Waals surface area (Å²) in [6.45, 7) is 5.78. The Morgan fingerprint density at radius 3 is 2.83 bits per heavy atom. The van der Waals surface area contributed by atoms with E-state index in [0.717, 1.165) is 24.6 Å². The molecule has 1 aliphatic rings. The van der Waals surface area contributed by atoms with Crippen LogP contribution in [0.4, 0.5) is 5.82 Å². The molecule has 4 heteroatoms. The first-order chi connectivity index (χ1) is 8.78. The fraction of sp³-hybridized carbons (Fsp3) is 0.643. The van der Waals surface area contributed by atoms with Gasteiger partial charge in [-0.2, -0.15) is 0 Å². The van der Waals surface area contributed by atoms with Gasteiger partial charge in [0.25, 0.3) is 0 Å². The maximum atomic E-state index is 4.54. The van der Waals surface area contributed by atoms with Crippen LogP contribution in [0.15, 0.2) is 18.2 Å². The van der Waals surface area contributed by atoms with Crippen molar-refractivity contribution in [1.82, 2.24) is 14.8 Å². The van der Waals surface area contributed by atoms with Gasteiger partial charge in [0.15, 0.2) is 0 Å². The first-order valence-corrected chi connectivity index (χ1v) is 6.82. The SMILES string of the molecule is CNc1cccc(CN(C)CCN2CCCC2)n1. The molecule has 1 saturated heterocycles. The molecule has 18 heavy (non-hydrogen) atoms. The third-order valence-electron chi connectivity index (χ3n) is 3.49. The molecule has 1 aromatic heterocycles. The zero-order chi connectivity index (χ0) is 12.8. The number of rotatable bonds is 6. The van der Waals surface area contributed by atoms with Crippen molar-refractivity contribution >= 4 is 5.82 Å². The summed E-state index contributed by atoms with van der Waals surface area (Å²) in [5.74, 6) is 0.945. The van der Waals surface area contributed by atoms with Crippen molar-refractivity contribution in [2.24, 2.45) is 0 Å². The lowest BCUT2D eigenvalue weighted by Gasteiger charge is -2.21. The summed E-state index contributed by atoms with van der Waals surface area (Å²) in [4.78, 5) is 9.44. The Morgan fingerprint density at radius 2 is 2.11 bits per heavy atom. The van der Waals surface area contributed by atoms with Gasteiger partial charge < -0.3 is 10.2 Å². The molecule has 2 heterocycles. The van der Waals surface area contributed by atoms with Crippen molar-refractivity contribution in [3.8, 4) is 0 Å². The number of pyridine rings is 1. The molecule has 1 fully saturated rings. The van der Waals surface area contributed by atoms with Crippen molar-refractivity contribution in [3.63, 3.8) is 0 Å². The zero-order valence-electron chi connectivity index (χ0n) is 11.5. The minimum atomic E-state index is 0.920. The number of nitrogens with zero attached hydrogens (tertiary/aromatic N) is 3. The predicted molar refractivity (Wildman–Crippen MR) is 75.8 cm³/mol. The summed E-state index contributed by atoms with van der Waals surface area (Å²) in [5.41, 5.74) is 1.13.